The van der Waals surface area contributed by atoms with Gasteiger partial charge in [0.2, 0.25) is 5.91 Å². The first-order valence-electron chi connectivity index (χ1n) is 5.83. The molecule has 0 saturated carbocycles. The summed E-state index contributed by atoms with van der Waals surface area (Å²) in [6.45, 7) is 2.61. The van der Waals surface area contributed by atoms with Crippen LogP contribution in [0.15, 0.2) is 40.6 Å². The minimum Gasteiger partial charge on any atom is -0.350 e. The van der Waals surface area contributed by atoms with Crippen LogP contribution in [0, 0.1) is 12.7 Å². The van der Waals surface area contributed by atoms with Gasteiger partial charge in [0.25, 0.3) is 0 Å². The summed E-state index contributed by atoms with van der Waals surface area (Å²) >= 11 is 3.05. The predicted octanol–water partition coefficient (Wildman–Crippen LogP) is 3.60. The SMILES string of the molecule is Cc1ccsc1CNC(=O)CSc1ccc(F)cc1. The summed E-state index contributed by atoms with van der Waals surface area (Å²) in [6.07, 6.45) is 0. The van der Waals surface area contributed by atoms with Gasteiger partial charge in [-0.2, -0.15) is 0 Å². The Morgan fingerprint density at radius 1 is 1.32 bits per heavy atom. The maximum atomic E-state index is 12.7. The first-order valence-corrected chi connectivity index (χ1v) is 7.70. The number of thioether (sulfide) groups is 1. The molecule has 100 valence electrons. The van der Waals surface area contributed by atoms with E-state index in [2.05, 4.69) is 5.32 Å². The molecule has 0 atom stereocenters. The van der Waals surface area contributed by atoms with Crippen LogP contribution in [0.1, 0.15) is 10.4 Å². The van der Waals surface area contributed by atoms with Gasteiger partial charge in [-0.25, -0.2) is 4.39 Å². The second-order valence-electron chi connectivity index (χ2n) is 4.05. The Kier molecular flexibility index (Phi) is 4.99. The van der Waals surface area contributed by atoms with E-state index in [0.29, 0.717) is 12.3 Å². The van der Waals surface area contributed by atoms with Crippen molar-refractivity contribution < 1.29 is 9.18 Å². The van der Waals surface area contributed by atoms with Gasteiger partial charge in [-0.1, -0.05) is 0 Å². The van der Waals surface area contributed by atoms with Crippen molar-refractivity contribution in [1.29, 1.82) is 0 Å². The quantitative estimate of drug-likeness (QED) is 0.854. The molecule has 1 amide bonds. The van der Waals surface area contributed by atoms with Crippen LogP contribution in [0.4, 0.5) is 4.39 Å². The minimum absolute atomic E-state index is 0.0119. The van der Waals surface area contributed by atoms with Crippen LogP contribution in [0.25, 0.3) is 0 Å². The van der Waals surface area contributed by atoms with E-state index in [1.54, 1.807) is 23.5 Å². The molecule has 0 aliphatic rings. The van der Waals surface area contributed by atoms with Crippen molar-refractivity contribution in [3.63, 3.8) is 0 Å². The zero-order chi connectivity index (χ0) is 13.7. The molecule has 2 nitrogen and oxygen atoms in total. The number of aryl methyl sites for hydroxylation is 1. The highest BCUT2D eigenvalue weighted by Gasteiger charge is 2.05. The smallest absolute Gasteiger partial charge is 0.230 e. The molecular weight excluding hydrogens is 281 g/mol. The fraction of sp³-hybridized carbons (Fsp3) is 0.214. The molecular formula is C14H14FNOS2. The number of carbonyl (C=O) groups is 1. The third-order valence-electron chi connectivity index (χ3n) is 2.60. The molecule has 2 aromatic rings. The van der Waals surface area contributed by atoms with Gasteiger partial charge in [0.1, 0.15) is 5.82 Å². The molecule has 0 aliphatic heterocycles. The monoisotopic (exact) mass is 295 g/mol. The maximum absolute atomic E-state index is 12.7. The molecule has 1 aromatic carbocycles. The topological polar surface area (TPSA) is 29.1 Å². The van der Waals surface area contributed by atoms with Crippen molar-refractivity contribution in [2.75, 3.05) is 5.75 Å². The van der Waals surface area contributed by atoms with Gasteiger partial charge in [0.05, 0.1) is 12.3 Å². The van der Waals surface area contributed by atoms with Crippen molar-refractivity contribution >= 4 is 29.0 Å². The normalized spacial score (nSPS) is 10.4. The molecule has 0 fully saturated rings. The fourth-order valence-electron chi connectivity index (χ4n) is 1.49. The summed E-state index contributed by atoms with van der Waals surface area (Å²) in [7, 11) is 0. The second-order valence-corrected chi connectivity index (χ2v) is 6.10. The van der Waals surface area contributed by atoms with Crippen LogP contribution in [0.3, 0.4) is 0 Å². The molecule has 1 N–H and O–H groups in total. The van der Waals surface area contributed by atoms with E-state index in [9.17, 15) is 9.18 Å². The summed E-state index contributed by atoms with van der Waals surface area (Å²) in [5.41, 5.74) is 1.21. The summed E-state index contributed by atoms with van der Waals surface area (Å²) < 4.78 is 12.7. The van der Waals surface area contributed by atoms with Crippen molar-refractivity contribution in [3.8, 4) is 0 Å². The predicted molar refractivity (Wildman–Crippen MR) is 78.0 cm³/mol. The number of nitrogens with one attached hydrogen (secondary N) is 1. The summed E-state index contributed by atoms with van der Waals surface area (Å²) in [5, 5.41) is 4.90. The third kappa shape index (κ3) is 4.36. The maximum Gasteiger partial charge on any atom is 0.230 e. The van der Waals surface area contributed by atoms with Crippen LogP contribution < -0.4 is 5.32 Å². The Balaban J connectivity index is 1.76. The van der Waals surface area contributed by atoms with Gasteiger partial charge in [-0.3, -0.25) is 4.79 Å². The van der Waals surface area contributed by atoms with Crippen molar-refractivity contribution in [2.24, 2.45) is 0 Å². The van der Waals surface area contributed by atoms with Gasteiger partial charge < -0.3 is 5.32 Å². The van der Waals surface area contributed by atoms with Crippen LogP contribution in [0.2, 0.25) is 0 Å². The minimum atomic E-state index is -0.262. The zero-order valence-electron chi connectivity index (χ0n) is 10.5. The Hall–Kier alpha value is -1.33. The van der Waals surface area contributed by atoms with Gasteiger partial charge in [-0.15, -0.1) is 23.1 Å². The fourth-order valence-corrected chi connectivity index (χ4v) is 3.07. The summed E-state index contributed by atoms with van der Waals surface area (Å²) in [5.74, 6) is 0.0693. The van der Waals surface area contributed by atoms with E-state index in [4.69, 9.17) is 0 Å². The third-order valence-corrected chi connectivity index (χ3v) is 4.63. The number of rotatable bonds is 5. The molecule has 1 aromatic heterocycles. The lowest BCUT2D eigenvalue weighted by molar-refractivity contribution is -0.118. The van der Waals surface area contributed by atoms with Crippen LogP contribution >= 0.6 is 23.1 Å². The highest BCUT2D eigenvalue weighted by atomic mass is 32.2. The van der Waals surface area contributed by atoms with Gasteiger partial charge >= 0.3 is 0 Å². The van der Waals surface area contributed by atoms with E-state index >= 15 is 0 Å². The Labute approximate surface area is 120 Å². The molecule has 19 heavy (non-hydrogen) atoms. The number of hydrogen-bond acceptors (Lipinski definition) is 3. The molecule has 2 rings (SSSR count). The lowest BCUT2D eigenvalue weighted by Crippen LogP contribution is -2.24. The molecule has 0 spiro atoms. The lowest BCUT2D eigenvalue weighted by Gasteiger charge is -2.04. The number of halogens is 1. The zero-order valence-corrected chi connectivity index (χ0v) is 12.1. The number of thiophene rings is 1. The number of carbonyl (C=O) groups excluding carboxylic acids is 1. The molecule has 1 heterocycles. The largest absolute Gasteiger partial charge is 0.350 e. The molecule has 0 radical (unpaired) electrons. The molecule has 0 saturated heterocycles. The van der Waals surface area contributed by atoms with Crippen LogP contribution in [0.5, 0.6) is 0 Å². The molecule has 0 aliphatic carbocycles. The first-order chi connectivity index (χ1) is 9.15. The summed E-state index contributed by atoms with van der Waals surface area (Å²) in [4.78, 5) is 13.8. The summed E-state index contributed by atoms with van der Waals surface area (Å²) in [6, 6.07) is 8.19. The standard InChI is InChI=1S/C14H14FNOS2/c1-10-6-7-18-13(10)8-16-14(17)9-19-12-4-2-11(15)3-5-12/h2-7H,8-9H2,1H3,(H,16,17). The average Bonchev–Trinajstić information content (AvgIpc) is 2.81. The molecule has 0 bridgehead atoms. The van der Waals surface area contributed by atoms with Gasteiger partial charge in [-0.05, 0) is 48.2 Å². The van der Waals surface area contributed by atoms with Gasteiger partial charge in [0, 0.05) is 9.77 Å². The van der Waals surface area contributed by atoms with Crippen LogP contribution in [-0.2, 0) is 11.3 Å². The highest BCUT2D eigenvalue weighted by molar-refractivity contribution is 8.00. The van der Waals surface area contributed by atoms with Crippen LogP contribution in [-0.4, -0.2) is 11.7 Å². The number of benzene rings is 1. The molecule has 0 unspecified atom stereocenters. The van der Waals surface area contributed by atoms with E-state index in [1.165, 1.54) is 34.3 Å². The van der Waals surface area contributed by atoms with E-state index < -0.39 is 0 Å². The van der Waals surface area contributed by atoms with E-state index in [1.807, 2.05) is 18.4 Å². The van der Waals surface area contributed by atoms with E-state index in [-0.39, 0.29) is 11.7 Å². The number of hydrogen-bond donors (Lipinski definition) is 1. The lowest BCUT2D eigenvalue weighted by atomic mass is 10.3. The number of amides is 1. The Morgan fingerprint density at radius 2 is 2.05 bits per heavy atom. The first kappa shape index (κ1) is 14.1. The Bertz CT molecular complexity index is 551. The van der Waals surface area contributed by atoms with Gasteiger partial charge in [0.15, 0.2) is 0 Å². The highest BCUT2D eigenvalue weighted by Crippen LogP contribution is 2.18. The molecule has 5 heteroatoms. The van der Waals surface area contributed by atoms with Crippen molar-refractivity contribution in [3.05, 3.63) is 52.0 Å². The Morgan fingerprint density at radius 3 is 2.68 bits per heavy atom. The van der Waals surface area contributed by atoms with Crippen molar-refractivity contribution in [2.45, 2.75) is 18.4 Å². The second kappa shape index (κ2) is 6.73. The average molecular weight is 295 g/mol. The van der Waals surface area contributed by atoms with E-state index in [0.717, 1.165) is 4.90 Å². The van der Waals surface area contributed by atoms with Crippen molar-refractivity contribution in [1.82, 2.24) is 5.32 Å².